The van der Waals surface area contributed by atoms with Crippen molar-refractivity contribution in [3.05, 3.63) is 210 Å². The second kappa shape index (κ2) is 12.7. The number of thiophene rings is 1. The largest absolute Gasteiger partial charge is 0.208 e. The maximum atomic E-state index is 5.24. The monoisotopic (exact) mass is 761 g/mol. The van der Waals surface area contributed by atoms with Crippen molar-refractivity contribution in [2.45, 2.75) is 15.2 Å². The van der Waals surface area contributed by atoms with Crippen molar-refractivity contribution < 1.29 is 0 Å². The van der Waals surface area contributed by atoms with Crippen LogP contribution in [0.15, 0.2) is 198 Å². The van der Waals surface area contributed by atoms with Crippen LogP contribution in [-0.4, -0.2) is 15.0 Å². The molecule has 3 nitrogen and oxygen atoms in total. The molecule has 0 N–H and O–H groups in total. The van der Waals surface area contributed by atoms with E-state index in [1.165, 1.54) is 68.9 Å². The van der Waals surface area contributed by atoms with Gasteiger partial charge in [0.1, 0.15) is 0 Å². The van der Waals surface area contributed by atoms with Crippen molar-refractivity contribution in [1.82, 2.24) is 15.0 Å². The van der Waals surface area contributed by atoms with E-state index in [2.05, 4.69) is 170 Å². The van der Waals surface area contributed by atoms with Crippen molar-refractivity contribution in [2.75, 3.05) is 0 Å². The van der Waals surface area contributed by atoms with Crippen LogP contribution in [0.5, 0.6) is 0 Å². The standard InChI is InChI=1S/C52H31N3S2/c1-2-12-33(13-3-1)49-53-50(34-24-22-32(23-25-34)35-26-28-40-39-16-6-10-20-45(39)56-48(40)31-35)55-51(54-49)36-27-29-47-44(30-36)52(43-19-9-11-21-46(43)57-47)41-17-7-4-14-37(41)38-15-5-8-18-42(38)52/h1-31H. The molecule has 0 unspecified atom stereocenters. The predicted octanol–water partition coefficient (Wildman–Crippen LogP) is 13.7. The SMILES string of the molecule is c1ccc(-c2nc(-c3ccc(-c4ccc5c(c4)sc4ccccc45)cc3)nc(-c3ccc4c(c3)C3(c5ccccc5S4)c4ccccc4-c4ccccc43)n2)cc1. The molecule has 0 radical (unpaired) electrons. The Labute approximate surface area is 338 Å². The molecular weight excluding hydrogens is 731 g/mol. The van der Waals surface area contributed by atoms with E-state index in [1.807, 2.05) is 41.3 Å². The summed E-state index contributed by atoms with van der Waals surface area (Å²) >= 11 is 3.69. The molecule has 2 aliphatic rings. The summed E-state index contributed by atoms with van der Waals surface area (Å²) in [5.41, 5.74) is 12.5. The van der Waals surface area contributed by atoms with E-state index in [0.717, 1.165) is 22.3 Å². The highest BCUT2D eigenvalue weighted by Gasteiger charge is 2.50. The fourth-order valence-electron chi connectivity index (χ4n) is 9.06. The molecule has 8 aromatic carbocycles. The van der Waals surface area contributed by atoms with Crippen LogP contribution in [0.1, 0.15) is 22.3 Å². The second-order valence-electron chi connectivity index (χ2n) is 14.7. The number of hydrogen-bond acceptors (Lipinski definition) is 5. The Morgan fingerprint density at radius 2 is 0.860 bits per heavy atom. The van der Waals surface area contributed by atoms with Crippen molar-refractivity contribution in [1.29, 1.82) is 0 Å². The summed E-state index contributed by atoms with van der Waals surface area (Å²) in [7, 11) is 0. The fourth-order valence-corrected chi connectivity index (χ4v) is 11.4. The molecule has 0 amide bonds. The van der Waals surface area contributed by atoms with Gasteiger partial charge in [-0.2, -0.15) is 0 Å². The fraction of sp³-hybridized carbons (Fsp3) is 0.0192. The Hall–Kier alpha value is -6.66. The number of aromatic nitrogens is 3. The number of fused-ring (bicyclic) bond motifs is 12. The topological polar surface area (TPSA) is 38.7 Å². The Kier molecular flexibility index (Phi) is 7.25. The van der Waals surface area contributed by atoms with Crippen molar-refractivity contribution >= 4 is 43.3 Å². The maximum absolute atomic E-state index is 5.24. The molecule has 0 bridgehead atoms. The van der Waals surface area contributed by atoms with Crippen molar-refractivity contribution in [3.63, 3.8) is 0 Å². The quantitative estimate of drug-likeness (QED) is 0.179. The zero-order valence-corrected chi connectivity index (χ0v) is 32.2. The molecule has 57 heavy (non-hydrogen) atoms. The zero-order chi connectivity index (χ0) is 37.5. The predicted molar refractivity (Wildman–Crippen MR) is 236 cm³/mol. The molecule has 1 aliphatic carbocycles. The van der Waals surface area contributed by atoms with Crippen LogP contribution in [0, 0.1) is 0 Å². The molecular formula is C52H31N3S2. The number of rotatable bonds is 4. The summed E-state index contributed by atoms with van der Waals surface area (Å²) < 4.78 is 2.61. The molecule has 3 heterocycles. The molecule has 2 aromatic heterocycles. The van der Waals surface area contributed by atoms with E-state index in [0.29, 0.717) is 17.5 Å². The summed E-state index contributed by atoms with van der Waals surface area (Å²) in [6.07, 6.45) is 0. The van der Waals surface area contributed by atoms with Crippen molar-refractivity contribution in [2.24, 2.45) is 0 Å². The first kappa shape index (κ1) is 32.6. The lowest BCUT2D eigenvalue weighted by molar-refractivity contribution is 0.722. The summed E-state index contributed by atoms with van der Waals surface area (Å²) in [6.45, 7) is 0. The van der Waals surface area contributed by atoms with Crippen LogP contribution in [-0.2, 0) is 5.41 Å². The average Bonchev–Trinajstić information content (AvgIpc) is 3.80. The summed E-state index contributed by atoms with van der Waals surface area (Å²) in [6, 6.07) is 67.9. The third-order valence-corrected chi connectivity index (χ3v) is 13.9. The first-order valence-corrected chi connectivity index (χ1v) is 20.8. The van der Waals surface area contributed by atoms with E-state index < -0.39 is 5.41 Å². The Bertz CT molecular complexity index is 3180. The first-order chi connectivity index (χ1) is 28.2. The lowest BCUT2D eigenvalue weighted by Crippen LogP contribution is -2.32. The van der Waals surface area contributed by atoms with Gasteiger partial charge in [0.2, 0.25) is 0 Å². The molecule has 0 saturated heterocycles. The minimum Gasteiger partial charge on any atom is -0.208 e. The Morgan fingerprint density at radius 1 is 0.333 bits per heavy atom. The van der Waals surface area contributed by atoms with E-state index in [4.69, 9.17) is 15.0 Å². The minimum atomic E-state index is -0.479. The highest BCUT2D eigenvalue weighted by atomic mass is 32.2. The van der Waals surface area contributed by atoms with Gasteiger partial charge in [-0.05, 0) is 74.8 Å². The zero-order valence-electron chi connectivity index (χ0n) is 30.6. The lowest BCUT2D eigenvalue weighted by atomic mass is 9.67. The normalized spacial score (nSPS) is 13.3. The van der Waals surface area contributed by atoms with Crippen LogP contribution < -0.4 is 0 Å². The average molecular weight is 762 g/mol. The van der Waals surface area contributed by atoms with Gasteiger partial charge in [-0.15, -0.1) is 11.3 Å². The molecule has 0 fully saturated rings. The lowest BCUT2D eigenvalue weighted by Gasteiger charge is -2.39. The van der Waals surface area contributed by atoms with Gasteiger partial charge in [0.15, 0.2) is 17.5 Å². The van der Waals surface area contributed by atoms with E-state index >= 15 is 0 Å². The molecule has 12 rings (SSSR count). The van der Waals surface area contributed by atoms with Gasteiger partial charge in [0, 0.05) is 46.7 Å². The van der Waals surface area contributed by atoms with Crippen LogP contribution in [0.4, 0.5) is 0 Å². The highest BCUT2D eigenvalue weighted by Crippen LogP contribution is 2.62. The van der Waals surface area contributed by atoms with Crippen LogP contribution in [0.25, 0.3) is 76.6 Å². The molecule has 266 valence electrons. The molecule has 0 atom stereocenters. The van der Waals surface area contributed by atoms with Crippen LogP contribution in [0.3, 0.4) is 0 Å². The van der Waals surface area contributed by atoms with E-state index in [-0.39, 0.29) is 0 Å². The molecule has 1 spiro atoms. The van der Waals surface area contributed by atoms with Gasteiger partial charge >= 0.3 is 0 Å². The van der Waals surface area contributed by atoms with Crippen LogP contribution >= 0.6 is 23.1 Å². The second-order valence-corrected chi connectivity index (χ2v) is 16.9. The van der Waals surface area contributed by atoms with Gasteiger partial charge < -0.3 is 0 Å². The third-order valence-electron chi connectivity index (χ3n) is 11.6. The summed E-state index contributed by atoms with van der Waals surface area (Å²) in [5.74, 6) is 1.95. The number of hydrogen-bond donors (Lipinski definition) is 0. The molecule has 5 heteroatoms. The smallest absolute Gasteiger partial charge is 0.164 e. The first-order valence-electron chi connectivity index (χ1n) is 19.2. The Balaban J connectivity index is 1.01. The van der Waals surface area contributed by atoms with Crippen LogP contribution in [0.2, 0.25) is 0 Å². The number of nitrogens with zero attached hydrogens (tertiary/aromatic N) is 3. The maximum Gasteiger partial charge on any atom is 0.164 e. The van der Waals surface area contributed by atoms with Gasteiger partial charge in [-0.25, -0.2) is 15.0 Å². The van der Waals surface area contributed by atoms with Gasteiger partial charge in [0.05, 0.1) is 5.41 Å². The highest BCUT2D eigenvalue weighted by molar-refractivity contribution is 7.99. The number of benzene rings is 8. The van der Waals surface area contributed by atoms with Crippen molar-refractivity contribution in [3.8, 4) is 56.4 Å². The van der Waals surface area contributed by atoms with E-state index in [9.17, 15) is 0 Å². The minimum absolute atomic E-state index is 0.479. The molecule has 10 aromatic rings. The molecule has 1 aliphatic heterocycles. The molecule has 0 saturated carbocycles. The third kappa shape index (κ3) is 4.96. The van der Waals surface area contributed by atoms with Gasteiger partial charge in [0.25, 0.3) is 0 Å². The van der Waals surface area contributed by atoms with Gasteiger partial charge in [-0.1, -0.05) is 169 Å². The van der Waals surface area contributed by atoms with Gasteiger partial charge in [-0.3, -0.25) is 0 Å². The summed E-state index contributed by atoms with van der Waals surface area (Å²) in [5, 5.41) is 2.62. The Morgan fingerprint density at radius 3 is 1.61 bits per heavy atom. The van der Waals surface area contributed by atoms with E-state index in [1.54, 1.807) is 0 Å². The summed E-state index contributed by atoms with van der Waals surface area (Å²) in [4.78, 5) is 18.0.